The molecular formula is C20H37NO6. The van der Waals surface area contributed by atoms with Crippen molar-refractivity contribution in [1.82, 2.24) is 5.32 Å². The minimum atomic E-state index is -1.01. The van der Waals surface area contributed by atoms with Crippen LogP contribution in [0.4, 0.5) is 4.79 Å². The van der Waals surface area contributed by atoms with E-state index in [-0.39, 0.29) is 18.4 Å². The highest BCUT2D eigenvalue weighted by Gasteiger charge is 2.26. The molecule has 0 unspecified atom stereocenters. The van der Waals surface area contributed by atoms with Crippen LogP contribution >= 0.6 is 0 Å². The smallest absolute Gasteiger partial charge is 0.410 e. The van der Waals surface area contributed by atoms with Crippen LogP contribution in [0.5, 0.6) is 0 Å². The van der Waals surface area contributed by atoms with Gasteiger partial charge in [-0.3, -0.25) is 9.59 Å². The summed E-state index contributed by atoms with van der Waals surface area (Å²) in [6.07, 6.45) is 0.555. The zero-order chi connectivity index (χ0) is 21.1. The van der Waals surface area contributed by atoms with E-state index in [0.29, 0.717) is 18.3 Å². The van der Waals surface area contributed by atoms with Gasteiger partial charge in [-0.2, -0.15) is 0 Å². The normalized spacial score (nSPS) is 14.7. The molecule has 0 aromatic heterocycles. The first kappa shape index (κ1) is 25.2. The van der Waals surface area contributed by atoms with E-state index in [2.05, 4.69) is 19.2 Å². The molecule has 0 bridgehead atoms. The Labute approximate surface area is 163 Å². The van der Waals surface area contributed by atoms with Crippen LogP contribution in [0.1, 0.15) is 67.7 Å². The van der Waals surface area contributed by atoms with Crippen molar-refractivity contribution in [3.05, 3.63) is 0 Å². The van der Waals surface area contributed by atoms with Gasteiger partial charge in [-0.1, -0.05) is 54.9 Å². The van der Waals surface area contributed by atoms with E-state index in [1.807, 2.05) is 6.92 Å². The van der Waals surface area contributed by atoms with Crippen molar-refractivity contribution < 1.29 is 29.0 Å². The van der Waals surface area contributed by atoms with Crippen molar-refractivity contribution in [3.63, 3.8) is 0 Å². The highest BCUT2D eigenvalue weighted by atomic mass is 16.7. The molecule has 27 heavy (non-hydrogen) atoms. The van der Waals surface area contributed by atoms with Gasteiger partial charge >= 0.3 is 18.0 Å². The lowest BCUT2D eigenvalue weighted by Gasteiger charge is -2.24. The number of alkyl carbamates (subject to hydrolysis) is 1. The van der Waals surface area contributed by atoms with Crippen molar-refractivity contribution in [2.24, 2.45) is 29.6 Å². The van der Waals surface area contributed by atoms with Crippen LogP contribution in [-0.2, 0) is 19.1 Å². The Hall–Kier alpha value is -1.79. The number of carbonyl (C=O) groups excluding carboxylic acids is 2. The quantitative estimate of drug-likeness (QED) is 0.387. The second-order valence-electron chi connectivity index (χ2n) is 8.16. The number of hydrogen-bond acceptors (Lipinski definition) is 5. The zero-order valence-electron chi connectivity index (χ0n) is 17.8. The number of nitrogens with one attached hydrogen (secondary N) is 1. The predicted molar refractivity (Wildman–Crippen MR) is 103 cm³/mol. The molecule has 0 radical (unpaired) electrons. The first-order valence-electron chi connectivity index (χ1n) is 9.85. The van der Waals surface area contributed by atoms with Gasteiger partial charge in [0.2, 0.25) is 0 Å². The number of amides is 1. The SMILES string of the molecule is CC[C@H](CC(C)C)C[C@@H](CNC(=O)O[C@H](OC(=O)C(C)C)C(C)C)C(=O)O. The molecule has 0 heterocycles. The minimum absolute atomic E-state index is 0.0221. The molecule has 7 heteroatoms. The van der Waals surface area contributed by atoms with E-state index < -0.39 is 30.2 Å². The summed E-state index contributed by atoms with van der Waals surface area (Å²) in [6, 6.07) is 0. The molecule has 0 aliphatic heterocycles. The Bertz CT molecular complexity index is 475. The van der Waals surface area contributed by atoms with Gasteiger partial charge < -0.3 is 19.9 Å². The van der Waals surface area contributed by atoms with Crippen molar-refractivity contribution in [2.75, 3.05) is 6.54 Å². The fourth-order valence-electron chi connectivity index (χ4n) is 2.67. The molecule has 0 aromatic carbocycles. The number of carboxylic acid groups (broad SMARTS) is 1. The summed E-state index contributed by atoms with van der Waals surface area (Å²) >= 11 is 0. The zero-order valence-corrected chi connectivity index (χ0v) is 17.8. The summed E-state index contributed by atoms with van der Waals surface area (Å²) in [6.45, 7) is 13.2. The van der Waals surface area contributed by atoms with Gasteiger partial charge in [0.15, 0.2) is 0 Å². The van der Waals surface area contributed by atoms with Gasteiger partial charge in [-0.25, -0.2) is 4.79 Å². The van der Waals surface area contributed by atoms with Crippen molar-refractivity contribution in [3.8, 4) is 0 Å². The Morgan fingerprint density at radius 1 is 0.963 bits per heavy atom. The van der Waals surface area contributed by atoms with Crippen LogP contribution < -0.4 is 5.32 Å². The molecule has 3 atom stereocenters. The van der Waals surface area contributed by atoms with Crippen LogP contribution in [0.15, 0.2) is 0 Å². The Kier molecular flexibility index (Phi) is 11.7. The number of carbonyl (C=O) groups is 3. The summed E-state index contributed by atoms with van der Waals surface area (Å²) in [5, 5.41) is 12.0. The monoisotopic (exact) mass is 387 g/mol. The molecule has 0 saturated carbocycles. The highest BCUT2D eigenvalue weighted by Crippen LogP contribution is 2.23. The Balaban J connectivity index is 4.70. The molecule has 0 saturated heterocycles. The number of carboxylic acids is 1. The first-order chi connectivity index (χ1) is 12.5. The Morgan fingerprint density at radius 3 is 1.96 bits per heavy atom. The first-order valence-corrected chi connectivity index (χ1v) is 9.85. The number of esters is 1. The summed E-state index contributed by atoms with van der Waals surface area (Å²) in [7, 11) is 0. The predicted octanol–water partition coefficient (Wildman–Crippen LogP) is 4.06. The van der Waals surface area contributed by atoms with Crippen LogP contribution in [-0.4, -0.2) is 36.0 Å². The van der Waals surface area contributed by atoms with E-state index in [1.165, 1.54) is 0 Å². The standard InChI is InChI=1S/C20H37NO6/c1-8-15(9-12(2)3)10-16(17(22)23)11-21-20(25)27-19(14(6)7)26-18(24)13(4)5/h12-16,19H,8-11H2,1-7H3,(H,21,25)(H,22,23)/t15-,16+,19+/m1/s1. The third-order valence-corrected chi connectivity index (χ3v) is 4.31. The average molecular weight is 388 g/mol. The summed E-state index contributed by atoms with van der Waals surface area (Å²) < 4.78 is 10.4. The van der Waals surface area contributed by atoms with E-state index in [1.54, 1.807) is 27.7 Å². The average Bonchev–Trinajstić information content (AvgIpc) is 2.55. The molecule has 0 rings (SSSR count). The van der Waals surface area contributed by atoms with Gasteiger partial charge in [0, 0.05) is 12.5 Å². The molecule has 0 aliphatic rings. The van der Waals surface area contributed by atoms with Crippen LogP contribution in [0.3, 0.4) is 0 Å². The maximum atomic E-state index is 12.1. The number of hydrogen-bond donors (Lipinski definition) is 2. The number of rotatable bonds is 12. The molecule has 1 amide bonds. The molecule has 158 valence electrons. The lowest BCUT2D eigenvalue weighted by molar-refractivity contribution is -0.178. The highest BCUT2D eigenvalue weighted by molar-refractivity contribution is 5.73. The summed E-state index contributed by atoms with van der Waals surface area (Å²) in [4.78, 5) is 35.3. The molecular weight excluding hydrogens is 350 g/mol. The van der Waals surface area contributed by atoms with E-state index in [4.69, 9.17) is 9.47 Å². The van der Waals surface area contributed by atoms with Crippen LogP contribution in [0, 0.1) is 29.6 Å². The van der Waals surface area contributed by atoms with E-state index in [9.17, 15) is 19.5 Å². The maximum absolute atomic E-state index is 12.1. The topological polar surface area (TPSA) is 102 Å². The lowest BCUT2D eigenvalue weighted by Crippen LogP contribution is -2.39. The molecule has 2 N–H and O–H groups in total. The summed E-state index contributed by atoms with van der Waals surface area (Å²) in [5.41, 5.74) is 0. The fourth-order valence-corrected chi connectivity index (χ4v) is 2.67. The van der Waals surface area contributed by atoms with E-state index >= 15 is 0 Å². The van der Waals surface area contributed by atoms with Gasteiger partial charge in [0.1, 0.15) is 0 Å². The van der Waals surface area contributed by atoms with Crippen molar-refractivity contribution in [2.45, 2.75) is 74.0 Å². The second kappa shape index (κ2) is 12.6. The largest absolute Gasteiger partial charge is 0.481 e. The molecule has 0 aliphatic carbocycles. The lowest BCUT2D eigenvalue weighted by atomic mass is 9.86. The summed E-state index contributed by atoms with van der Waals surface area (Å²) in [5.74, 6) is -1.85. The molecule has 0 aromatic rings. The second-order valence-corrected chi connectivity index (χ2v) is 8.16. The number of aliphatic carboxylic acids is 1. The fraction of sp³-hybridized carbons (Fsp3) is 0.850. The maximum Gasteiger partial charge on any atom is 0.410 e. The number of ether oxygens (including phenoxy) is 2. The van der Waals surface area contributed by atoms with Crippen LogP contribution in [0.2, 0.25) is 0 Å². The van der Waals surface area contributed by atoms with Crippen molar-refractivity contribution in [1.29, 1.82) is 0 Å². The molecule has 0 spiro atoms. The third-order valence-electron chi connectivity index (χ3n) is 4.31. The van der Waals surface area contributed by atoms with Gasteiger partial charge in [-0.05, 0) is 24.7 Å². The van der Waals surface area contributed by atoms with Gasteiger partial charge in [0.05, 0.1) is 11.8 Å². The minimum Gasteiger partial charge on any atom is -0.481 e. The van der Waals surface area contributed by atoms with Crippen LogP contribution in [0.25, 0.3) is 0 Å². The van der Waals surface area contributed by atoms with Gasteiger partial charge in [-0.15, -0.1) is 0 Å². The van der Waals surface area contributed by atoms with Gasteiger partial charge in [0.25, 0.3) is 6.29 Å². The van der Waals surface area contributed by atoms with E-state index in [0.717, 1.165) is 12.8 Å². The van der Waals surface area contributed by atoms with Crippen molar-refractivity contribution >= 4 is 18.0 Å². The third kappa shape index (κ3) is 10.8. The molecule has 7 nitrogen and oxygen atoms in total. The Morgan fingerprint density at radius 2 is 1.56 bits per heavy atom. The molecule has 0 fully saturated rings.